The van der Waals surface area contributed by atoms with Crippen molar-refractivity contribution in [3.05, 3.63) is 47.5 Å². The van der Waals surface area contributed by atoms with Gasteiger partial charge in [0.05, 0.1) is 11.2 Å². The van der Waals surface area contributed by atoms with Gasteiger partial charge in [-0.15, -0.1) is 0 Å². The Balaban J connectivity index is 2.01. The van der Waals surface area contributed by atoms with Crippen molar-refractivity contribution in [1.29, 1.82) is 0 Å². The summed E-state index contributed by atoms with van der Waals surface area (Å²) in [5.41, 5.74) is -0.261. The van der Waals surface area contributed by atoms with Gasteiger partial charge in [0.1, 0.15) is 6.10 Å². The van der Waals surface area contributed by atoms with Crippen LogP contribution in [-0.2, 0) is 9.53 Å². The van der Waals surface area contributed by atoms with Crippen LogP contribution < -0.4 is 0 Å². The summed E-state index contributed by atoms with van der Waals surface area (Å²) in [7, 11) is 0. The van der Waals surface area contributed by atoms with Crippen LogP contribution in [0.2, 0.25) is 0 Å². The smallest absolute Gasteiger partial charge is 0.338 e. The SMILES string of the molecule is CC1=C[C@H](OC(=O)c2ccccc2)[C@@H]2[C@](C)(CC[C@@]2(O)C(C)C)CC1=O. The number of aliphatic hydroxyl groups is 1. The zero-order valence-corrected chi connectivity index (χ0v) is 16.0. The number of Topliss-reactive ketones (excluding diaryl/α,β-unsaturated/α-hetero) is 1. The number of carbonyl (C=O) groups excluding carboxylic acids is 2. The van der Waals surface area contributed by atoms with Crippen molar-refractivity contribution in [1.82, 2.24) is 0 Å². The van der Waals surface area contributed by atoms with Gasteiger partial charge in [0, 0.05) is 12.3 Å². The van der Waals surface area contributed by atoms with Crippen LogP contribution in [0.25, 0.3) is 0 Å². The number of benzene rings is 1. The molecule has 0 amide bonds. The Morgan fingerprint density at radius 1 is 1.23 bits per heavy atom. The standard InChI is InChI=1S/C22H28O4/c1-14(2)22(25)11-10-21(4)13-17(23)15(3)12-18(19(21)22)26-20(24)16-8-6-5-7-9-16/h5-9,12,14,18-19,25H,10-11,13H2,1-4H3/t18-,19+,21+,22+/m0/s1. The molecule has 26 heavy (non-hydrogen) atoms. The van der Waals surface area contributed by atoms with Gasteiger partial charge in [-0.25, -0.2) is 4.79 Å². The maximum absolute atomic E-state index is 12.7. The highest BCUT2D eigenvalue weighted by Gasteiger charge is 2.60. The molecule has 0 unspecified atom stereocenters. The molecule has 140 valence electrons. The number of allylic oxidation sites excluding steroid dienone is 1. The lowest BCUT2D eigenvalue weighted by Gasteiger charge is -2.42. The molecular formula is C22H28O4. The molecule has 1 aromatic carbocycles. The topological polar surface area (TPSA) is 63.6 Å². The van der Waals surface area contributed by atoms with Gasteiger partial charge >= 0.3 is 5.97 Å². The quantitative estimate of drug-likeness (QED) is 0.834. The number of rotatable bonds is 3. The fourth-order valence-corrected chi connectivity index (χ4v) is 4.74. The van der Waals surface area contributed by atoms with Crippen LogP contribution >= 0.6 is 0 Å². The number of hydrogen-bond acceptors (Lipinski definition) is 4. The molecule has 1 aromatic rings. The van der Waals surface area contributed by atoms with Crippen molar-refractivity contribution in [2.45, 2.75) is 58.7 Å². The van der Waals surface area contributed by atoms with E-state index in [0.717, 1.165) is 6.42 Å². The number of ketones is 1. The minimum Gasteiger partial charge on any atom is -0.454 e. The summed E-state index contributed by atoms with van der Waals surface area (Å²) in [6.07, 6.45) is 2.88. The number of ether oxygens (including phenoxy) is 1. The number of hydrogen-bond donors (Lipinski definition) is 1. The Kier molecular flexibility index (Phi) is 4.82. The molecule has 0 bridgehead atoms. The summed E-state index contributed by atoms with van der Waals surface area (Å²) in [4.78, 5) is 25.2. The van der Waals surface area contributed by atoms with Crippen molar-refractivity contribution < 1.29 is 19.4 Å². The molecule has 4 atom stereocenters. The van der Waals surface area contributed by atoms with E-state index >= 15 is 0 Å². The predicted octanol–water partition coefficient (Wildman–Crippen LogP) is 3.93. The third kappa shape index (κ3) is 3.11. The van der Waals surface area contributed by atoms with E-state index in [1.54, 1.807) is 37.3 Å². The Hall–Kier alpha value is -1.94. The summed E-state index contributed by atoms with van der Waals surface area (Å²) in [6, 6.07) is 8.85. The van der Waals surface area contributed by atoms with Crippen molar-refractivity contribution >= 4 is 11.8 Å². The first-order valence-corrected chi connectivity index (χ1v) is 9.37. The Morgan fingerprint density at radius 2 is 1.88 bits per heavy atom. The molecule has 1 fully saturated rings. The van der Waals surface area contributed by atoms with Crippen LogP contribution in [0.3, 0.4) is 0 Å². The van der Waals surface area contributed by atoms with E-state index in [9.17, 15) is 14.7 Å². The molecule has 0 aromatic heterocycles. The lowest BCUT2D eigenvalue weighted by molar-refractivity contribution is -0.122. The largest absolute Gasteiger partial charge is 0.454 e. The highest BCUT2D eigenvalue weighted by molar-refractivity contribution is 5.96. The Morgan fingerprint density at radius 3 is 2.50 bits per heavy atom. The molecule has 3 rings (SSSR count). The molecule has 1 N–H and O–H groups in total. The molecule has 0 aliphatic heterocycles. The summed E-state index contributed by atoms with van der Waals surface area (Å²) >= 11 is 0. The monoisotopic (exact) mass is 356 g/mol. The Bertz CT molecular complexity index is 736. The van der Waals surface area contributed by atoms with Gasteiger partial charge < -0.3 is 9.84 Å². The maximum Gasteiger partial charge on any atom is 0.338 e. The summed E-state index contributed by atoms with van der Waals surface area (Å²) in [5.74, 6) is -0.642. The van der Waals surface area contributed by atoms with Crippen LogP contribution in [0.5, 0.6) is 0 Å². The number of fused-ring (bicyclic) bond motifs is 1. The summed E-state index contributed by atoms with van der Waals surface area (Å²) < 4.78 is 5.87. The zero-order chi connectivity index (χ0) is 19.1. The van der Waals surface area contributed by atoms with Crippen LogP contribution in [0.4, 0.5) is 0 Å². The molecule has 2 aliphatic carbocycles. The molecule has 4 heteroatoms. The van der Waals surface area contributed by atoms with Crippen molar-refractivity contribution in [2.24, 2.45) is 17.3 Å². The third-order valence-corrected chi connectivity index (χ3v) is 6.39. The molecular weight excluding hydrogens is 328 g/mol. The fourth-order valence-electron chi connectivity index (χ4n) is 4.74. The van der Waals surface area contributed by atoms with Gasteiger partial charge in [0.2, 0.25) is 0 Å². The van der Waals surface area contributed by atoms with Gasteiger partial charge in [0.15, 0.2) is 5.78 Å². The highest BCUT2D eigenvalue weighted by atomic mass is 16.5. The molecule has 0 saturated heterocycles. The van der Waals surface area contributed by atoms with E-state index in [-0.39, 0.29) is 23.0 Å². The normalized spacial score (nSPS) is 34.2. The predicted molar refractivity (Wildman–Crippen MR) is 99.6 cm³/mol. The Labute approximate surface area is 155 Å². The maximum atomic E-state index is 12.7. The first kappa shape index (κ1) is 18.8. The lowest BCUT2D eigenvalue weighted by atomic mass is 9.68. The summed E-state index contributed by atoms with van der Waals surface area (Å²) in [5, 5.41) is 11.4. The van der Waals surface area contributed by atoms with Crippen molar-refractivity contribution in [2.75, 3.05) is 0 Å². The average Bonchev–Trinajstić information content (AvgIpc) is 2.82. The second-order valence-corrected chi connectivity index (χ2v) is 8.46. The van der Waals surface area contributed by atoms with E-state index in [1.165, 1.54) is 0 Å². The van der Waals surface area contributed by atoms with E-state index in [4.69, 9.17) is 4.74 Å². The minimum absolute atomic E-state index is 0.00848. The lowest BCUT2D eigenvalue weighted by Crippen LogP contribution is -2.50. The number of esters is 1. The molecule has 0 heterocycles. The van der Waals surface area contributed by atoms with Gasteiger partial charge in [-0.2, -0.15) is 0 Å². The van der Waals surface area contributed by atoms with E-state index in [2.05, 4.69) is 0 Å². The van der Waals surface area contributed by atoms with Gasteiger partial charge in [0.25, 0.3) is 0 Å². The van der Waals surface area contributed by atoms with Crippen molar-refractivity contribution in [3.8, 4) is 0 Å². The van der Waals surface area contributed by atoms with E-state index < -0.39 is 17.7 Å². The van der Waals surface area contributed by atoms with Crippen LogP contribution in [0.15, 0.2) is 42.0 Å². The van der Waals surface area contributed by atoms with E-state index in [1.807, 2.05) is 26.8 Å². The van der Waals surface area contributed by atoms with Crippen LogP contribution in [0, 0.1) is 17.3 Å². The van der Waals surface area contributed by atoms with Gasteiger partial charge in [-0.3, -0.25) is 4.79 Å². The second-order valence-electron chi connectivity index (χ2n) is 8.46. The fraction of sp³-hybridized carbons (Fsp3) is 0.545. The van der Waals surface area contributed by atoms with Crippen molar-refractivity contribution in [3.63, 3.8) is 0 Å². The van der Waals surface area contributed by atoms with Gasteiger partial charge in [-0.05, 0) is 54.9 Å². The zero-order valence-electron chi connectivity index (χ0n) is 16.0. The van der Waals surface area contributed by atoms with E-state index in [0.29, 0.717) is 24.0 Å². The molecule has 0 radical (unpaired) electrons. The molecule has 4 nitrogen and oxygen atoms in total. The minimum atomic E-state index is -0.961. The highest BCUT2D eigenvalue weighted by Crippen LogP contribution is 2.57. The van der Waals surface area contributed by atoms with Crippen LogP contribution in [0.1, 0.15) is 57.3 Å². The molecule has 2 aliphatic rings. The molecule has 0 spiro atoms. The first-order chi connectivity index (χ1) is 12.2. The number of carbonyl (C=O) groups is 2. The third-order valence-electron chi connectivity index (χ3n) is 6.39. The summed E-state index contributed by atoms with van der Waals surface area (Å²) in [6.45, 7) is 7.80. The second kappa shape index (κ2) is 6.66. The van der Waals surface area contributed by atoms with Crippen LogP contribution in [-0.4, -0.2) is 28.6 Å². The molecule has 1 saturated carbocycles. The first-order valence-electron chi connectivity index (χ1n) is 9.37. The van der Waals surface area contributed by atoms with Gasteiger partial charge in [-0.1, -0.05) is 39.0 Å². The average molecular weight is 356 g/mol.